The average Bonchev–Trinajstić information content (AvgIpc) is 2.79. The van der Waals surface area contributed by atoms with Gasteiger partial charge in [-0.05, 0) is 35.4 Å². The fourth-order valence-electron chi connectivity index (χ4n) is 3.61. The highest BCUT2D eigenvalue weighted by molar-refractivity contribution is 8.00. The van der Waals surface area contributed by atoms with Crippen LogP contribution in [0.5, 0.6) is 0 Å². The smallest absolute Gasteiger partial charge is 0.273 e. The largest absolute Gasteiger partial charge is 0.340 e. The topological polar surface area (TPSA) is 29.5 Å². The van der Waals surface area contributed by atoms with Crippen LogP contribution in [0.1, 0.15) is 17.2 Å². The van der Waals surface area contributed by atoms with Gasteiger partial charge in [0, 0.05) is 16.5 Å². The van der Waals surface area contributed by atoms with Crippen LogP contribution < -0.4 is 4.90 Å². The van der Waals surface area contributed by atoms with Gasteiger partial charge in [0.1, 0.15) is 12.6 Å². The van der Waals surface area contributed by atoms with E-state index in [1.165, 1.54) is 11.8 Å². The molecule has 0 spiro atoms. The van der Waals surface area contributed by atoms with E-state index in [1.807, 2.05) is 72.8 Å². The molecule has 1 fully saturated rings. The molecule has 1 aliphatic heterocycles. The van der Waals surface area contributed by atoms with Crippen LogP contribution >= 0.6 is 23.4 Å². The lowest BCUT2D eigenvalue weighted by Gasteiger charge is -2.54. The number of nitrogens with zero attached hydrogens (tertiary/aromatic N) is 1. The second kappa shape index (κ2) is 8.97. The Hall–Kier alpha value is -2.71. The van der Waals surface area contributed by atoms with Crippen LogP contribution in [0.2, 0.25) is 5.02 Å². The SMILES string of the molecule is C#CCO[C@@]1(SCc2ccccc2)C(=O)N(c2ccc(Cl)cc2)[C@@H]1c1ccccc1. The lowest BCUT2D eigenvalue weighted by Crippen LogP contribution is -2.68. The second-order valence-electron chi connectivity index (χ2n) is 6.90. The molecule has 1 aliphatic rings. The van der Waals surface area contributed by atoms with Gasteiger partial charge in [-0.15, -0.1) is 18.2 Å². The molecule has 5 heteroatoms. The van der Waals surface area contributed by atoms with Crippen LogP contribution in [0.4, 0.5) is 5.69 Å². The minimum atomic E-state index is -1.09. The summed E-state index contributed by atoms with van der Waals surface area (Å²) in [6.45, 7) is 0.0608. The first-order valence-corrected chi connectivity index (χ1v) is 10.9. The van der Waals surface area contributed by atoms with Crippen LogP contribution in [-0.4, -0.2) is 17.4 Å². The number of hydrogen-bond donors (Lipinski definition) is 0. The van der Waals surface area contributed by atoms with Crippen LogP contribution in [0.25, 0.3) is 0 Å². The van der Waals surface area contributed by atoms with Gasteiger partial charge in [0.2, 0.25) is 4.93 Å². The van der Waals surface area contributed by atoms with E-state index in [9.17, 15) is 4.79 Å². The zero-order valence-electron chi connectivity index (χ0n) is 16.2. The summed E-state index contributed by atoms with van der Waals surface area (Å²) in [5.41, 5.74) is 2.89. The van der Waals surface area contributed by atoms with Crippen molar-refractivity contribution in [1.29, 1.82) is 0 Å². The monoisotopic (exact) mass is 433 g/mol. The summed E-state index contributed by atoms with van der Waals surface area (Å²) in [4.78, 5) is 14.2. The van der Waals surface area contributed by atoms with Gasteiger partial charge in [0.25, 0.3) is 5.91 Å². The molecule has 3 aromatic carbocycles. The quantitative estimate of drug-likeness (QED) is 0.271. The van der Waals surface area contributed by atoms with Gasteiger partial charge in [-0.25, -0.2) is 0 Å². The number of halogens is 1. The zero-order valence-corrected chi connectivity index (χ0v) is 17.8. The third-order valence-corrected chi connectivity index (χ3v) is 6.70. The van der Waals surface area contributed by atoms with E-state index in [0.29, 0.717) is 10.8 Å². The molecule has 0 bridgehead atoms. The van der Waals surface area contributed by atoms with Crippen molar-refractivity contribution in [2.75, 3.05) is 11.5 Å². The predicted molar refractivity (Wildman–Crippen MR) is 123 cm³/mol. The van der Waals surface area contributed by atoms with E-state index in [-0.39, 0.29) is 18.6 Å². The minimum absolute atomic E-state index is 0.0608. The number of carbonyl (C=O) groups excluding carboxylic acids is 1. The van der Waals surface area contributed by atoms with Gasteiger partial charge in [-0.3, -0.25) is 9.69 Å². The van der Waals surface area contributed by atoms with Crippen molar-refractivity contribution in [3.63, 3.8) is 0 Å². The van der Waals surface area contributed by atoms with Gasteiger partial charge >= 0.3 is 0 Å². The predicted octanol–water partition coefficient (Wildman–Crippen LogP) is 5.71. The normalized spacial score (nSPS) is 20.5. The number of amides is 1. The van der Waals surface area contributed by atoms with Crippen molar-refractivity contribution >= 4 is 35.0 Å². The van der Waals surface area contributed by atoms with Gasteiger partial charge in [0.05, 0.1) is 0 Å². The van der Waals surface area contributed by atoms with E-state index in [4.69, 9.17) is 22.8 Å². The van der Waals surface area contributed by atoms with Gasteiger partial charge in [0.15, 0.2) is 0 Å². The highest BCUT2D eigenvalue weighted by Gasteiger charge is 2.63. The lowest BCUT2D eigenvalue weighted by molar-refractivity contribution is -0.146. The Morgan fingerprint density at radius 1 is 1.00 bits per heavy atom. The summed E-state index contributed by atoms with van der Waals surface area (Å²) in [5, 5.41) is 0.622. The van der Waals surface area contributed by atoms with E-state index in [2.05, 4.69) is 5.92 Å². The van der Waals surface area contributed by atoms with Crippen molar-refractivity contribution < 1.29 is 9.53 Å². The van der Waals surface area contributed by atoms with Crippen LogP contribution in [0.3, 0.4) is 0 Å². The van der Waals surface area contributed by atoms with Crippen molar-refractivity contribution in [2.45, 2.75) is 16.7 Å². The molecule has 1 heterocycles. The third-order valence-electron chi connectivity index (χ3n) is 5.02. The lowest BCUT2D eigenvalue weighted by atomic mass is 9.89. The maximum absolute atomic E-state index is 13.6. The Morgan fingerprint density at radius 3 is 2.27 bits per heavy atom. The Balaban J connectivity index is 1.73. The summed E-state index contributed by atoms with van der Waals surface area (Å²) in [6, 6.07) is 26.9. The van der Waals surface area contributed by atoms with Crippen LogP contribution in [0.15, 0.2) is 84.9 Å². The van der Waals surface area contributed by atoms with Crippen molar-refractivity contribution in [2.24, 2.45) is 0 Å². The first kappa shape index (κ1) is 20.6. The van der Waals surface area contributed by atoms with Gasteiger partial charge in [-0.1, -0.05) is 78.2 Å². The van der Waals surface area contributed by atoms with E-state index >= 15 is 0 Å². The molecule has 1 amide bonds. The minimum Gasteiger partial charge on any atom is -0.340 e. The Labute approximate surface area is 186 Å². The fourth-order valence-corrected chi connectivity index (χ4v) is 5.08. The fraction of sp³-hybridized carbons (Fsp3) is 0.160. The second-order valence-corrected chi connectivity index (χ2v) is 8.52. The number of anilines is 1. The standard InChI is InChI=1S/C25H20ClNO2S/c1-2-17-29-25(30-18-19-9-5-3-6-10-19)23(20-11-7-4-8-12-20)27(24(25)28)22-15-13-21(26)14-16-22/h1,3-16,23H,17-18H2/t23-,25+/m1/s1. The first-order valence-electron chi connectivity index (χ1n) is 9.55. The molecule has 30 heavy (non-hydrogen) atoms. The summed E-state index contributed by atoms with van der Waals surface area (Å²) in [5.74, 6) is 3.04. The number of ether oxygens (including phenoxy) is 1. The van der Waals surface area contributed by atoms with Crippen molar-refractivity contribution in [3.05, 3.63) is 101 Å². The molecular formula is C25H20ClNO2S. The summed E-state index contributed by atoms with van der Waals surface area (Å²) in [7, 11) is 0. The molecule has 0 unspecified atom stereocenters. The van der Waals surface area contributed by atoms with Gasteiger partial charge in [-0.2, -0.15) is 0 Å². The number of thioether (sulfide) groups is 1. The number of benzene rings is 3. The molecule has 4 rings (SSSR count). The molecule has 0 radical (unpaired) electrons. The molecule has 0 aromatic heterocycles. The number of carbonyl (C=O) groups is 1. The highest BCUT2D eigenvalue weighted by Crippen LogP contribution is 2.55. The number of hydrogen-bond acceptors (Lipinski definition) is 3. The molecule has 1 saturated heterocycles. The highest BCUT2D eigenvalue weighted by atomic mass is 35.5. The number of β-lactam (4-membered cyclic amide) rings is 1. The Kier molecular flexibility index (Phi) is 6.15. The maximum Gasteiger partial charge on any atom is 0.273 e. The number of rotatable bonds is 7. The summed E-state index contributed by atoms with van der Waals surface area (Å²) in [6.07, 6.45) is 5.49. The molecule has 0 saturated carbocycles. The maximum atomic E-state index is 13.6. The Morgan fingerprint density at radius 2 is 1.63 bits per heavy atom. The molecular weight excluding hydrogens is 414 g/mol. The van der Waals surface area contributed by atoms with E-state index in [0.717, 1.165) is 16.8 Å². The summed E-state index contributed by atoms with van der Waals surface area (Å²) >= 11 is 7.54. The molecule has 0 aliphatic carbocycles. The summed E-state index contributed by atoms with van der Waals surface area (Å²) < 4.78 is 6.10. The zero-order chi connectivity index (χ0) is 21.0. The molecule has 2 atom stereocenters. The average molecular weight is 434 g/mol. The van der Waals surface area contributed by atoms with Crippen LogP contribution in [-0.2, 0) is 15.3 Å². The third kappa shape index (κ3) is 3.85. The Bertz CT molecular complexity index is 1050. The molecule has 0 N–H and O–H groups in total. The van der Waals surface area contributed by atoms with Crippen LogP contribution in [0, 0.1) is 12.3 Å². The molecule has 150 valence electrons. The molecule has 3 nitrogen and oxygen atoms in total. The van der Waals surface area contributed by atoms with E-state index in [1.54, 1.807) is 17.0 Å². The van der Waals surface area contributed by atoms with Crippen molar-refractivity contribution in [3.8, 4) is 12.3 Å². The van der Waals surface area contributed by atoms with Gasteiger partial charge < -0.3 is 4.74 Å². The molecule has 3 aromatic rings. The first-order chi connectivity index (χ1) is 14.7. The van der Waals surface area contributed by atoms with E-state index < -0.39 is 4.93 Å². The van der Waals surface area contributed by atoms with Crippen molar-refractivity contribution in [1.82, 2.24) is 0 Å². The number of terminal acetylenes is 1.